The molecule has 5 atom stereocenters. The molecule has 2 heterocycles. The number of ether oxygens (including phenoxy) is 1. The molecule has 10 nitrogen and oxygen atoms in total. The monoisotopic (exact) mass is 565 g/mol. The average Bonchev–Trinajstić information content (AvgIpc) is 3.31. The highest BCUT2D eigenvalue weighted by Gasteiger charge is 2.61. The predicted molar refractivity (Wildman–Crippen MR) is 150 cm³/mol. The van der Waals surface area contributed by atoms with E-state index in [2.05, 4.69) is 44.5 Å². The van der Waals surface area contributed by atoms with Crippen molar-refractivity contribution in [2.75, 3.05) is 6.54 Å². The summed E-state index contributed by atoms with van der Waals surface area (Å²) in [5.41, 5.74) is -2.09. The molecule has 0 aromatic rings. The lowest BCUT2D eigenvalue weighted by Crippen LogP contribution is -2.56. The summed E-state index contributed by atoms with van der Waals surface area (Å²) in [5, 5.41) is 15.4. The van der Waals surface area contributed by atoms with E-state index in [1.165, 1.54) is 4.90 Å². The second kappa shape index (κ2) is 11.2. The first-order chi connectivity index (χ1) is 17.9. The number of aliphatic carboxylic acids is 1. The van der Waals surface area contributed by atoms with E-state index in [4.69, 9.17) is 9.16 Å². The Labute approximate surface area is 233 Å². The van der Waals surface area contributed by atoms with Gasteiger partial charge >= 0.3 is 12.1 Å². The minimum atomic E-state index is -2.22. The Bertz CT molecular complexity index is 1000. The van der Waals surface area contributed by atoms with E-state index in [0.717, 1.165) is 6.42 Å². The summed E-state index contributed by atoms with van der Waals surface area (Å²) in [7, 11) is -2.22. The molecule has 2 aliphatic heterocycles. The Morgan fingerprint density at radius 1 is 1.15 bits per heavy atom. The number of hydrogen-bond donors (Lipinski definition) is 3. The highest BCUT2D eigenvalue weighted by atomic mass is 28.4. The van der Waals surface area contributed by atoms with Crippen molar-refractivity contribution in [3.8, 4) is 0 Å². The summed E-state index contributed by atoms with van der Waals surface area (Å²) in [5.74, 6) is -2.25. The molecular weight excluding hydrogens is 518 g/mol. The second-order valence-electron chi connectivity index (χ2n) is 13.7. The van der Waals surface area contributed by atoms with Crippen LogP contribution in [-0.2, 0) is 23.5 Å². The number of amides is 3. The molecule has 2 fully saturated rings. The van der Waals surface area contributed by atoms with Crippen LogP contribution in [0.3, 0.4) is 0 Å². The van der Waals surface area contributed by atoms with E-state index in [1.807, 2.05) is 12.2 Å². The molecule has 1 saturated heterocycles. The number of allylic oxidation sites excluding steroid dienone is 1. The zero-order valence-corrected chi connectivity index (χ0v) is 25.8. The number of nitrogens with zero attached hydrogens (tertiary/aromatic N) is 1. The Balaban J connectivity index is 1.92. The maximum absolute atomic E-state index is 14.0. The van der Waals surface area contributed by atoms with Crippen molar-refractivity contribution in [3.05, 3.63) is 12.2 Å². The van der Waals surface area contributed by atoms with E-state index in [1.54, 1.807) is 20.8 Å². The molecule has 3 amide bonds. The Kier molecular flexibility index (Phi) is 8.96. The third-order valence-corrected chi connectivity index (χ3v) is 12.9. The van der Waals surface area contributed by atoms with Crippen LogP contribution < -0.4 is 10.6 Å². The van der Waals surface area contributed by atoms with Gasteiger partial charge in [-0.25, -0.2) is 9.59 Å². The van der Waals surface area contributed by atoms with Gasteiger partial charge in [-0.15, -0.1) is 0 Å². The fourth-order valence-corrected chi connectivity index (χ4v) is 6.37. The van der Waals surface area contributed by atoms with Crippen LogP contribution in [0.15, 0.2) is 12.2 Å². The van der Waals surface area contributed by atoms with Crippen molar-refractivity contribution in [1.82, 2.24) is 15.5 Å². The first-order valence-corrected chi connectivity index (χ1v) is 17.0. The van der Waals surface area contributed by atoms with E-state index < -0.39 is 49.5 Å². The van der Waals surface area contributed by atoms with Crippen LogP contribution in [0.2, 0.25) is 18.1 Å². The largest absolute Gasteiger partial charge is 0.479 e. The molecule has 0 bridgehead atoms. The van der Waals surface area contributed by atoms with Gasteiger partial charge in [0.05, 0.1) is 6.10 Å². The van der Waals surface area contributed by atoms with Crippen molar-refractivity contribution in [1.29, 1.82) is 0 Å². The molecule has 1 saturated carbocycles. The second-order valence-corrected chi connectivity index (χ2v) is 18.5. The standard InChI is InChI=1S/C28H47N3O7Si/c1-26(2,3)37-25(36)29-20-14-12-10-9-11-13-18-16-28(18,24(34)35)30-22(32)21-15-19(17-31(21)23(20)33)38-39(7,8)27(4,5)6/h11,13,18-21H,9-10,12,14-17H2,1-8H3,(H,29,36)(H,30,32)(H,34,35)/t18-,19-,20+,21+,28-/m1/s1. The van der Waals surface area contributed by atoms with Gasteiger partial charge in [0, 0.05) is 18.9 Å². The highest BCUT2D eigenvalue weighted by molar-refractivity contribution is 6.74. The zero-order valence-electron chi connectivity index (χ0n) is 24.8. The molecule has 39 heavy (non-hydrogen) atoms. The molecule has 3 N–H and O–H groups in total. The van der Waals surface area contributed by atoms with Crippen LogP contribution >= 0.6 is 0 Å². The van der Waals surface area contributed by atoms with Crippen molar-refractivity contribution in [2.45, 2.75) is 128 Å². The molecule has 0 spiro atoms. The van der Waals surface area contributed by atoms with Gasteiger partial charge in [0.15, 0.2) is 8.32 Å². The number of nitrogens with one attached hydrogen (secondary N) is 2. The number of fused-ring (bicyclic) bond motifs is 2. The Morgan fingerprint density at radius 3 is 2.41 bits per heavy atom. The van der Waals surface area contributed by atoms with Crippen LogP contribution in [-0.4, -0.2) is 78.1 Å². The van der Waals surface area contributed by atoms with Crippen LogP contribution in [0.4, 0.5) is 4.79 Å². The zero-order chi connectivity index (χ0) is 29.4. The SMILES string of the molecule is CC(C)(C)OC(=O)N[C@H]1CCCCC=C[C@@H]2C[C@@]2(C(=O)O)NC(=O)[C@@H]2C[C@@H](O[Si](C)(C)C(C)(C)C)CN2C1=O. The molecular formula is C28H47N3O7Si. The summed E-state index contributed by atoms with van der Waals surface area (Å²) in [6.45, 7) is 16.1. The first kappa shape index (κ1) is 31.1. The fourth-order valence-electron chi connectivity index (χ4n) is 5.01. The molecule has 0 aromatic heterocycles. The molecule has 1 aliphatic carbocycles. The van der Waals surface area contributed by atoms with Crippen LogP contribution in [0, 0.1) is 5.92 Å². The van der Waals surface area contributed by atoms with Crippen molar-refractivity contribution < 1.29 is 33.4 Å². The van der Waals surface area contributed by atoms with E-state index in [9.17, 15) is 24.3 Å². The third kappa shape index (κ3) is 7.42. The Hall–Kier alpha value is -2.40. The number of carboxylic acid groups (broad SMARTS) is 1. The van der Waals surface area contributed by atoms with Crippen LogP contribution in [0.25, 0.3) is 0 Å². The van der Waals surface area contributed by atoms with Gasteiger partial charge in [-0.1, -0.05) is 39.3 Å². The van der Waals surface area contributed by atoms with Crippen molar-refractivity contribution in [3.63, 3.8) is 0 Å². The lowest BCUT2D eigenvalue weighted by molar-refractivity contribution is -0.145. The number of carbonyl (C=O) groups is 4. The van der Waals surface area contributed by atoms with Gasteiger partial charge in [-0.2, -0.15) is 0 Å². The summed E-state index contributed by atoms with van der Waals surface area (Å²) in [6, 6.07) is -1.78. The van der Waals surface area contributed by atoms with Gasteiger partial charge in [0.2, 0.25) is 11.8 Å². The molecule has 0 aromatic carbocycles. The fraction of sp³-hybridized carbons (Fsp3) is 0.786. The number of rotatable bonds is 4. The molecule has 0 radical (unpaired) electrons. The maximum Gasteiger partial charge on any atom is 0.408 e. The van der Waals surface area contributed by atoms with Crippen LogP contribution in [0.5, 0.6) is 0 Å². The normalized spacial score (nSPS) is 30.5. The van der Waals surface area contributed by atoms with Crippen molar-refractivity contribution in [2.24, 2.45) is 5.92 Å². The third-order valence-electron chi connectivity index (χ3n) is 8.33. The molecule has 3 rings (SSSR count). The molecule has 3 aliphatic rings. The minimum absolute atomic E-state index is 0.0703. The lowest BCUT2D eigenvalue weighted by Gasteiger charge is -2.38. The molecule has 11 heteroatoms. The smallest absolute Gasteiger partial charge is 0.408 e. The van der Waals surface area contributed by atoms with Crippen LogP contribution in [0.1, 0.15) is 80.1 Å². The summed E-state index contributed by atoms with van der Waals surface area (Å²) in [4.78, 5) is 53.9. The number of carboxylic acids is 1. The highest BCUT2D eigenvalue weighted by Crippen LogP contribution is 2.45. The van der Waals surface area contributed by atoms with Gasteiger partial charge in [-0.3, -0.25) is 9.59 Å². The van der Waals surface area contributed by atoms with Gasteiger partial charge < -0.3 is 29.8 Å². The number of carbonyl (C=O) groups excluding carboxylic acids is 3. The van der Waals surface area contributed by atoms with E-state index in [0.29, 0.717) is 25.7 Å². The lowest BCUT2D eigenvalue weighted by atomic mass is 10.0. The quantitative estimate of drug-likeness (QED) is 0.347. The summed E-state index contributed by atoms with van der Waals surface area (Å²) >= 11 is 0. The van der Waals surface area contributed by atoms with Gasteiger partial charge in [0.1, 0.15) is 23.2 Å². The number of hydrogen-bond acceptors (Lipinski definition) is 6. The molecule has 220 valence electrons. The van der Waals surface area contributed by atoms with Gasteiger partial charge in [-0.05, 0) is 64.6 Å². The predicted octanol–water partition coefficient (Wildman–Crippen LogP) is 3.96. The Morgan fingerprint density at radius 2 is 1.82 bits per heavy atom. The molecule has 0 unspecified atom stereocenters. The van der Waals surface area contributed by atoms with Gasteiger partial charge in [0.25, 0.3) is 0 Å². The minimum Gasteiger partial charge on any atom is -0.479 e. The van der Waals surface area contributed by atoms with Crippen molar-refractivity contribution >= 4 is 32.2 Å². The maximum atomic E-state index is 14.0. The average molecular weight is 566 g/mol. The topological polar surface area (TPSA) is 134 Å². The summed E-state index contributed by atoms with van der Waals surface area (Å²) in [6.07, 6.45) is 5.87. The van der Waals surface area contributed by atoms with E-state index in [-0.39, 0.29) is 35.9 Å². The van der Waals surface area contributed by atoms with E-state index >= 15 is 0 Å². The number of alkyl carbamates (subject to hydrolysis) is 1. The summed E-state index contributed by atoms with van der Waals surface area (Å²) < 4.78 is 12.0. The first-order valence-electron chi connectivity index (χ1n) is 14.1.